The van der Waals surface area contributed by atoms with Crippen molar-refractivity contribution in [3.63, 3.8) is 0 Å². The van der Waals surface area contributed by atoms with Crippen molar-refractivity contribution in [3.05, 3.63) is 0 Å². The van der Waals surface area contributed by atoms with Crippen molar-refractivity contribution in [3.8, 4) is 0 Å². The molecule has 0 N–H and O–H groups in total. The van der Waals surface area contributed by atoms with Gasteiger partial charge in [0.2, 0.25) is 0 Å². The van der Waals surface area contributed by atoms with Crippen LogP contribution in [0.3, 0.4) is 0 Å². The first-order chi connectivity index (χ1) is 7.22. The third kappa shape index (κ3) is 9.15. The van der Waals surface area contributed by atoms with Crippen LogP contribution >= 0.6 is 22.6 Å². The Morgan fingerprint density at radius 3 is 2.20 bits per heavy atom. The Morgan fingerprint density at radius 1 is 1.13 bits per heavy atom. The number of hydrogen-bond donors (Lipinski definition) is 0. The molecule has 0 aliphatic rings. The Hall–Kier alpha value is 0.200. The largest absolute Gasteiger partial charge is 0.468 e. The molecule has 0 heterocycles. The van der Waals surface area contributed by atoms with E-state index in [0.717, 1.165) is 12.8 Å². The Bertz CT molecular complexity index is 160. The zero-order valence-electron chi connectivity index (χ0n) is 9.93. The topological polar surface area (TPSA) is 26.3 Å². The number of unbranched alkanes of at least 4 members (excludes halogenated alkanes) is 6. The molecule has 15 heavy (non-hydrogen) atoms. The standard InChI is InChI=1S/C12H23IO2/c1-3-4-5-6-7-8-9-10-11(13)12(14)15-2/h11H,3-10H2,1-2H3. The molecule has 0 aliphatic heterocycles. The molecule has 2 nitrogen and oxygen atoms in total. The average Bonchev–Trinajstić information content (AvgIpc) is 2.26. The van der Waals surface area contributed by atoms with Gasteiger partial charge in [0.25, 0.3) is 0 Å². The van der Waals surface area contributed by atoms with Crippen molar-refractivity contribution in [2.24, 2.45) is 0 Å². The van der Waals surface area contributed by atoms with Crippen LogP contribution in [0.25, 0.3) is 0 Å². The summed E-state index contributed by atoms with van der Waals surface area (Å²) >= 11 is 2.17. The first-order valence-electron chi connectivity index (χ1n) is 5.94. The van der Waals surface area contributed by atoms with E-state index in [1.165, 1.54) is 45.6 Å². The van der Waals surface area contributed by atoms with Crippen LogP contribution in [0.5, 0.6) is 0 Å². The van der Waals surface area contributed by atoms with Crippen LogP contribution < -0.4 is 0 Å². The molecule has 0 fully saturated rings. The molecule has 1 unspecified atom stereocenters. The molecule has 0 rings (SSSR count). The normalized spacial score (nSPS) is 12.5. The number of hydrogen-bond acceptors (Lipinski definition) is 2. The molecule has 0 saturated carbocycles. The van der Waals surface area contributed by atoms with E-state index in [9.17, 15) is 4.79 Å². The van der Waals surface area contributed by atoms with Crippen LogP contribution in [0.15, 0.2) is 0 Å². The van der Waals surface area contributed by atoms with Crippen LogP contribution in [-0.4, -0.2) is 17.0 Å². The Balaban J connectivity index is 3.20. The Labute approximate surface area is 107 Å². The summed E-state index contributed by atoms with van der Waals surface area (Å²) in [5.41, 5.74) is 0. The van der Waals surface area contributed by atoms with Crippen molar-refractivity contribution >= 4 is 28.6 Å². The molecule has 0 saturated heterocycles. The minimum absolute atomic E-state index is 0.0447. The van der Waals surface area contributed by atoms with Crippen molar-refractivity contribution in [2.75, 3.05) is 7.11 Å². The van der Waals surface area contributed by atoms with Gasteiger partial charge in [-0.1, -0.05) is 74.5 Å². The molecule has 0 aliphatic carbocycles. The summed E-state index contributed by atoms with van der Waals surface area (Å²) in [5, 5.41) is 0. The van der Waals surface area contributed by atoms with Crippen LogP contribution in [0.4, 0.5) is 0 Å². The fourth-order valence-corrected chi connectivity index (χ4v) is 2.22. The van der Waals surface area contributed by atoms with Gasteiger partial charge in [0.1, 0.15) is 3.92 Å². The van der Waals surface area contributed by atoms with Crippen LogP contribution in [0.1, 0.15) is 58.3 Å². The van der Waals surface area contributed by atoms with Gasteiger partial charge in [-0.2, -0.15) is 0 Å². The molecule has 1 atom stereocenters. The molecule has 0 bridgehead atoms. The van der Waals surface area contributed by atoms with Gasteiger partial charge in [-0.05, 0) is 6.42 Å². The molecule has 0 aromatic heterocycles. The molecular formula is C12H23IO2. The van der Waals surface area contributed by atoms with E-state index in [2.05, 4.69) is 34.3 Å². The highest BCUT2D eigenvalue weighted by atomic mass is 127. The summed E-state index contributed by atoms with van der Waals surface area (Å²) in [5.74, 6) is -0.0819. The number of carbonyl (C=O) groups excluding carboxylic acids is 1. The zero-order valence-corrected chi connectivity index (χ0v) is 12.1. The van der Waals surface area contributed by atoms with E-state index in [4.69, 9.17) is 0 Å². The second kappa shape index (κ2) is 10.7. The number of carbonyl (C=O) groups is 1. The fraction of sp³-hybridized carbons (Fsp3) is 0.917. The van der Waals surface area contributed by atoms with Gasteiger partial charge >= 0.3 is 5.97 Å². The van der Waals surface area contributed by atoms with Gasteiger partial charge in [0.05, 0.1) is 7.11 Å². The van der Waals surface area contributed by atoms with Crippen LogP contribution in [0.2, 0.25) is 0 Å². The highest BCUT2D eigenvalue weighted by molar-refractivity contribution is 14.1. The van der Waals surface area contributed by atoms with Gasteiger partial charge in [0, 0.05) is 0 Å². The monoisotopic (exact) mass is 326 g/mol. The number of ether oxygens (including phenoxy) is 1. The van der Waals surface area contributed by atoms with Crippen molar-refractivity contribution < 1.29 is 9.53 Å². The summed E-state index contributed by atoms with van der Waals surface area (Å²) in [6, 6.07) is 0. The van der Waals surface area contributed by atoms with E-state index in [0.29, 0.717) is 0 Å². The van der Waals surface area contributed by atoms with Crippen LogP contribution in [0, 0.1) is 0 Å². The first-order valence-corrected chi connectivity index (χ1v) is 7.18. The van der Waals surface area contributed by atoms with E-state index >= 15 is 0 Å². The van der Waals surface area contributed by atoms with E-state index in [1.807, 2.05) is 0 Å². The van der Waals surface area contributed by atoms with Gasteiger partial charge in [-0.3, -0.25) is 4.79 Å². The lowest BCUT2D eigenvalue weighted by Crippen LogP contribution is -2.14. The lowest BCUT2D eigenvalue weighted by molar-refractivity contribution is -0.139. The first kappa shape index (κ1) is 15.2. The molecule has 0 spiro atoms. The van der Waals surface area contributed by atoms with E-state index in [1.54, 1.807) is 0 Å². The maximum absolute atomic E-state index is 11.1. The minimum Gasteiger partial charge on any atom is -0.468 e. The Morgan fingerprint density at radius 2 is 1.67 bits per heavy atom. The van der Waals surface area contributed by atoms with Gasteiger partial charge in [-0.15, -0.1) is 0 Å². The van der Waals surface area contributed by atoms with E-state index in [-0.39, 0.29) is 9.89 Å². The number of rotatable bonds is 9. The third-order valence-corrected chi connectivity index (χ3v) is 3.65. The summed E-state index contributed by atoms with van der Waals surface area (Å²) in [7, 11) is 1.46. The molecule has 3 heteroatoms. The molecular weight excluding hydrogens is 303 g/mol. The summed E-state index contributed by atoms with van der Waals surface area (Å²) in [6.45, 7) is 2.23. The summed E-state index contributed by atoms with van der Waals surface area (Å²) in [4.78, 5) is 11.1. The lowest BCUT2D eigenvalue weighted by atomic mass is 10.1. The average molecular weight is 326 g/mol. The number of halogens is 1. The summed E-state index contributed by atoms with van der Waals surface area (Å²) < 4.78 is 4.72. The van der Waals surface area contributed by atoms with Crippen LogP contribution in [-0.2, 0) is 9.53 Å². The number of esters is 1. The molecule has 0 aromatic carbocycles. The van der Waals surface area contributed by atoms with Crippen molar-refractivity contribution in [2.45, 2.75) is 62.2 Å². The van der Waals surface area contributed by atoms with Crippen molar-refractivity contribution in [1.29, 1.82) is 0 Å². The Kier molecular flexibility index (Phi) is 10.9. The second-order valence-electron chi connectivity index (χ2n) is 3.90. The fourth-order valence-electron chi connectivity index (χ4n) is 1.53. The number of methoxy groups -OCH3 is 1. The lowest BCUT2D eigenvalue weighted by Gasteiger charge is -2.06. The summed E-state index contributed by atoms with van der Waals surface area (Å²) in [6.07, 6.45) is 10.0. The quantitative estimate of drug-likeness (QED) is 0.276. The maximum Gasteiger partial charge on any atom is 0.318 e. The smallest absolute Gasteiger partial charge is 0.318 e. The van der Waals surface area contributed by atoms with E-state index < -0.39 is 0 Å². The second-order valence-corrected chi connectivity index (χ2v) is 5.40. The third-order valence-electron chi connectivity index (χ3n) is 2.52. The minimum atomic E-state index is -0.0819. The maximum atomic E-state index is 11.1. The zero-order chi connectivity index (χ0) is 11.5. The number of alkyl halides is 1. The molecule has 0 radical (unpaired) electrons. The molecule has 90 valence electrons. The molecule has 0 amide bonds. The van der Waals surface area contributed by atoms with Gasteiger partial charge in [-0.25, -0.2) is 0 Å². The SMILES string of the molecule is CCCCCCCCCC(I)C(=O)OC. The molecule has 0 aromatic rings. The van der Waals surface area contributed by atoms with Crippen molar-refractivity contribution in [1.82, 2.24) is 0 Å². The predicted octanol–water partition coefficient (Wildman–Crippen LogP) is 4.10. The highest BCUT2D eigenvalue weighted by Crippen LogP contribution is 2.14. The highest BCUT2D eigenvalue weighted by Gasteiger charge is 2.13. The van der Waals surface area contributed by atoms with Gasteiger partial charge in [0.15, 0.2) is 0 Å². The van der Waals surface area contributed by atoms with Gasteiger partial charge < -0.3 is 4.74 Å². The predicted molar refractivity (Wildman–Crippen MR) is 72.4 cm³/mol.